The third-order valence-electron chi connectivity index (χ3n) is 8.16. The van der Waals surface area contributed by atoms with Crippen molar-refractivity contribution in [2.75, 3.05) is 39.3 Å². The molecule has 0 bridgehead atoms. The lowest BCUT2D eigenvalue weighted by Gasteiger charge is -2.33. The van der Waals surface area contributed by atoms with Crippen molar-refractivity contribution >= 4 is 17.5 Å². The number of carbonyl (C=O) groups is 2. The molecule has 0 radical (unpaired) electrons. The second kappa shape index (κ2) is 11.3. The molecule has 7 nitrogen and oxygen atoms in total. The van der Waals surface area contributed by atoms with Crippen molar-refractivity contribution in [1.29, 1.82) is 0 Å². The Hall–Kier alpha value is -4.21. The largest absolute Gasteiger partial charge is 0.497 e. The van der Waals surface area contributed by atoms with E-state index in [4.69, 9.17) is 9.47 Å². The summed E-state index contributed by atoms with van der Waals surface area (Å²) in [7, 11) is 4.34. The number of rotatable bonds is 8. The van der Waals surface area contributed by atoms with Crippen LogP contribution in [0, 0.1) is 22.9 Å². The molecule has 41 heavy (non-hydrogen) atoms. The molecular weight excluding hydrogens is 535 g/mol. The lowest BCUT2D eigenvalue weighted by molar-refractivity contribution is 0.0662. The average Bonchev–Trinajstić information content (AvgIpc) is 3.63. The van der Waals surface area contributed by atoms with Gasteiger partial charge in [0.25, 0.3) is 11.8 Å². The van der Waals surface area contributed by atoms with Gasteiger partial charge in [0.15, 0.2) is 11.6 Å². The Bertz CT molecular complexity index is 1440. The predicted molar refractivity (Wildman–Crippen MR) is 148 cm³/mol. The molecule has 1 heterocycles. The van der Waals surface area contributed by atoms with E-state index in [1.807, 2.05) is 30.3 Å². The van der Waals surface area contributed by atoms with Gasteiger partial charge in [-0.05, 0) is 48.4 Å². The van der Waals surface area contributed by atoms with E-state index in [0.717, 1.165) is 17.7 Å². The Morgan fingerprint density at radius 1 is 1.00 bits per heavy atom. The van der Waals surface area contributed by atoms with Crippen molar-refractivity contribution in [3.05, 3.63) is 88.7 Å². The lowest BCUT2D eigenvalue weighted by Crippen LogP contribution is -2.42. The number of likely N-dealkylation sites (tertiary alicyclic amines) is 1. The fraction of sp³-hybridized carbons (Fsp3) is 0.355. The standard InChI is InChI=1S/C31H32F3N3O4/c1-36(18-19-7-5-4-6-8-19)28-23(32)13-20(14-24(28)33)29(38)35-26-17-31(26)9-11-37(12-10-31)30(39)22-15-21(40-2)16-25(41-3)27(22)34/h4-8,13-16,26H,9-12,17-18H2,1-3H3,(H,35,38). The quantitative estimate of drug-likeness (QED) is 0.406. The molecule has 1 aliphatic carbocycles. The van der Waals surface area contributed by atoms with Crippen LogP contribution in [0.2, 0.25) is 0 Å². The fourth-order valence-corrected chi connectivity index (χ4v) is 5.66. The third-order valence-corrected chi connectivity index (χ3v) is 8.16. The highest BCUT2D eigenvalue weighted by Gasteiger charge is 2.56. The number of nitrogens with zero attached hydrogens (tertiary/aromatic N) is 2. The second-order valence-electron chi connectivity index (χ2n) is 10.7. The zero-order valence-electron chi connectivity index (χ0n) is 23.2. The van der Waals surface area contributed by atoms with E-state index >= 15 is 0 Å². The molecule has 1 saturated carbocycles. The number of hydrogen-bond acceptors (Lipinski definition) is 5. The molecule has 1 atom stereocenters. The summed E-state index contributed by atoms with van der Waals surface area (Å²) in [6, 6.07) is 14.0. The summed E-state index contributed by atoms with van der Waals surface area (Å²) in [5, 5.41) is 2.91. The molecular formula is C31H32F3N3O4. The SMILES string of the molecule is COc1cc(OC)c(F)c(C(=O)N2CCC3(CC2)CC3NC(=O)c2cc(F)c(N(C)Cc3ccccc3)c(F)c2)c1. The summed E-state index contributed by atoms with van der Waals surface area (Å²) >= 11 is 0. The maximum absolute atomic E-state index is 15.0. The minimum atomic E-state index is -0.813. The van der Waals surface area contributed by atoms with Crippen LogP contribution in [0.1, 0.15) is 45.5 Å². The van der Waals surface area contributed by atoms with E-state index in [-0.39, 0.29) is 34.0 Å². The van der Waals surface area contributed by atoms with Crippen molar-refractivity contribution in [3.63, 3.8) is 0 Å². The molecule has 3 aromatic rings. The number of benzene rings is 3. The van der Waals surface area contributed by atoms with Crippen molar-refractivity contribution in [2.45, 2.75) is 31.8 Å². The van der Waals surface area contributed by atoms with Gasteiger partial charge in [-0.25, -0.2) is 13.2 Å². The van der Waals surface area contributed by atoms with Gasteiger partial charge in [0.2, 0.25) is 0 Å². The van der Waals surface area contributed by atoms with E-state index in [1.54, 1.807) is 11.9 Å². The lowest BCUT2D eigenvalue weighted by atomic mass is 9.92. The molecule has 1 aliphatic heterocycles. The summed E-state index contributed by atoms with van der Waals surface area (Å²) in [5.74, 6) is -3.14. The maximum Gasteiger partial charge on any atom is 0.257 e. The number of nitrogens with one attached hydrogen (secondary N) is 1. The maximum atomic E-state index is 15.0. The Balaban J connectivity index is 1.20. The van der Waals surface area contributed by atoms with Crippen LogP contribution in [0.4, 0.5) is 18.9 Å². The molecule has 10 heteroatoms. The molecule has 1 spiro atoms. The van der Waals surface area contributed by atoms with Crippen LogP contribution in [0.5, 0.6) is 11.5 Å². The molecule has 1 saturated heterocycles. The fourth-order valence-electron chi connectivity index (χ4n) is 5.66. The van der Waals surface area contributed by atoms with Gasteiger partial charge in [-0.2, -0.15) is 0 Å². The van der Waals surface area contributed by atoms with E-state index < -0.39 is 29.3 Å². The number of piperidine rings is 1. The van der Waals surface area contributed by atoms with Crippen molar-refractivity contribution in [1.82, 2.24) is 10.2 Å². The minimum Gasteiger partial charge on any atom is -0.497 e. The summed E-state index contributed by atoms with van der Waals surface area (Å²) < 4.78 is 55.0. The third kappa shape index (κ3) is 5.68. The van der Waals surface area contributed by atoms with Crippen LogP contribution >= 0.6 is 0 Å². The first kappa shape index (κ1) is 28.3. The van der Waals surface area contributed by atoms with E-state index in [2.05, 4.69) is 5.32 Å². The molecule has 0 aromatic heterocycles. The van der Waals surface area contributed by atoms with Gasteiger partial charge in [-0.3, -0.25) is 9.59 Å². The molecule has 2 amide bonds. The van der Waals surface area contributed by atoms with Crippen LogP contribution in [-0.4, -0.2) is 57.1 Å². The minimum absolute atomic E-state index is 0.0742. The van der Waals surface area contributed by atoms with Crippen LogP contribution < -0.4 is 19.7 Å². The van der Waals surface area contributed by atoms with Gasteiger partial charge >= 0.3 is 0 Å². The van der Waals surface area contributed by atoms with Crippen molar-refractivity contribution in [3.8, 4) is 11.5 Å². The number of carbonyl (C=O) groups excluding carboxylic acids is 2. The second-order valence-corrected chi connectivity index (χ2v) is 10.7. The van der Waals surface area contributed by atoms with Crippen LogP contribution in [0.15, 0.2) is 54.6 Å². The first-order valence-electron chi connectivity index (χ1n) is 13.4. The highest BCUT2D eigenvalue weighted by molar-refractivity contribution is 5.96. The van der Waals surface area contributed by atoms with E-state index in [0.29, 0.717) is 44.6 Å². The van der Waals surface area contributed by atoms with Crippen LogP contribution in [0.3, 0.4) is 0 Å². The highest BCUT2D eigenvalue weighted by atomic mass is 19.1. The summed E-state index contributed by atoms with van der Waals surface area (Å²) in [5.41, 5.74) is 0.282. The van der Waals surface area contributed by atoms with E-state index in [9.17, 15) is 22.8 Å². The zero-order valence-corrected chi connectivity index (χ0v) is 23.2. The van der Waals surface area contributed by atoms with Gasteiger partial charge in [0.05, 0.1) is 19.8 Å². The predicted octanol–water partition coefficient (Wildman–Crippen LogP) is 5.18. The smallest absolute Gasteiger partial charge is 0.257 e. The number of halogens is 3. The van der Waals surface area contributed by atoms with Gasteiger partial charge in [0, 0.05) is 44.4 Å². The average molecular weight is 568 g/mol. The monoisotopic (exact) mass is 567 g/mol. The molecule has 5 rings (SSSR count). The number of ether oxygens (including phenoxy) is 2. The number of anilines is 1. The first-order valence-corrected chi connectivity index (χ1v) is 13.4. The molecule has 2 fully saturated rings. The van der Waals surface area contributed by atoms with Gasteiger partial charge in [0.1, 0.15) is 23.1 Å². The zero-order chi connectivity index (χ0) is 29.3. The molecule has 2 aliphatic rings. The summed E-state index contributed by atoms with van der Waals surface area (Å²) in [6.45, 7) is 1.08. The number of methoxy groups -OCH3 is 2. The topological polar surface area (TPSA) is 71.1 Å². The van der Waals surface area contributed by atoms with Gasteiger partial charge < -0.3 is 24.6 Å². The normalized spacial score (nSPS) is 17.2. The molecule has 1 N–H and O–H groups in total. The number of amides is 2. The Kier molecular flexibility index (Phi) is 7.84. The van der Waals surface area contributed by atoms with Crippen molar-refractivity contribution in [2.24, 2.45) is 5.41 Å². The molecule has 216 valence electrons. The summed E-state index contributed by atoms with van der Waals surface area (Å²) in [6.07, 6.45) is 1.92. The number of hydrogen-bond donors (Lipinski definition) is 1. The molecule has 3 aromatic carbocycles. The van der Waals surface area contributed by atoms with Crippen LogP contribution in [-0.2, 0) is 6.54 Å². The summed E-state index contributed by atoms with van der Waals surface area (Å²) in [4.78, 5) is 29.1. The van der Waals surface area contributed by atoms with Gasteiger partial charge in [-0.1, -0.05) is 30.3 Å². The first-order chi connectivity index (χ1) is 19.7. The van der Waals surface area contributed by atoms with Crippen LogP contribution in [0.25, 0.3) is 0 Å². The molecule has 1 unspecified atom stereocenters. The highest BCUT2D eigenvalue weighted by Crippen LogP contribution is 2.54. The van der Waals surface area contributed by atoms with Gasteiger partial charge in [-0.15, -0.1) is 0 Å². The Morgan fingerprint density at radius 3 is 2.27 bits per heavy atom. The van der Waals surface area contributed by atoms with Crippen molar-refractivity contribution < 1.29 is 32.2 Å². The Morgan fingerprint density at radius 2 is 1.66 bits per heavy atom. The Labute approximate surface area is 236 Å². The van der Waals surface area contributed by atoms with E-state index in [1.165, 1.54) is 31.3 Å².